The van der Waals surface area contributed by atoms with Gasteiger partial charge in [-0.2, -0.15) is 0 Å². The molecule has 2 N–H and O–H groups in total. The van der Waals surface area contributed by atoms with E-state index < -0.39 is 5.41 Å². The molecule has 0 aliphatic carbocycles. The number of nitrogens with zero attached hydrogens (tertiary/aromatic N) is 2. The van der Waals surface area contributed by atoms with Gasteiger partial charge in [0.25, 0.3) is 0 Å². The van der Waals surface area contributed by atoms with Crippen LogP contribution in [0.1, 0.15) is 17.7 Å². The average molecular weight is 443 g/mol. The maximum absolute atomic E-state index is 13.1. The maximum Gasteiger partial charge on any atom is 0.228 e. The van der Waals surface area contributed by atoms with Crippen LogP contribution in [0.4, 0.5) is 0 Å². The summed E-state index contributed by atoms with van der Waals surface area (Å²) in [6.45, 7) is 0.892. The van der Waals surface area contributed by atoms with Gasteiger partial charge >= 0.3 is 0 Å². The van der Waals surface area contributed by atoms with Crippen LogP contribution >= 0.6 is 0 Å². The zero-order valence-corrected chi connectivity index (χ0v) is 18.5. The SMILES string of the molecule is CNC(=O)[C@@]1(Cc2cc(-c3ccccc3)no2)CCN(C(=O)Cc2c[nH]c3ccccc23)C1. The van der Waals surface area contributed by atoms with Gasteiger partial charge in [-0.25, -0.2) is 0 Å². The second-order valence-electron chi connectivity index (χ2n) is 8.68. The van der Waals surface area contributed by atoms with Crippen molar-refractivity contribution in [2.24, 2.45) is 5.41 Å². The number of hydrogen-bond donors (Lipinski definition) is 2. The Kier molecular flexibility index (Phi) is 5.46. The van der Waals surface area contributed by atoms with E-state index in [0.717, 1.165) is 27.7 Å². The van der Waals surface area contributed by atoms with Crippen molar-refractivity contribution in [3.05, 3.63) is 78.2 Å². The van der Waals surface area contributed by atoms with Gasteiger partial charge in [-0.3, -0.25) is 9.59 Å². The lowest BCUT2D eigenvalue weighted by Gasteiger charge is -2.26. The molecular formula is C26H26N4O3. The highest BCUT2D eigenvalue weighted by molar-refractivity contribution is 5.90. The lowest BCUT2D eigenvalue weighted by atomic mass is 9.81. The molecule has 0 bridgehead atoms. The van der Waals surface area contributed by atoms with E-state index in [1.54, 1.807) is 11.9 Å². The molecule has 0 saturated carbocycles. The standard InChI is InChI=1S/C26H26N4O3/c1-27-25(32)26(15-20-14-23(29-33-20)18-7-3-2-4-8-18)11-12-30(17-26)24(31)13-19-16-28-22-10-6-5-9-21(19)22/h2-10,14,16,28H,11-13,15,17H2,1H3,(H,27,32)/t26-/m1/s1. The number of fused-ring (bicyclic) bond motifs is 1. The van der Waals surface area contributed by atoms with E-state index in [1.165, 1.54) is 0 Å². The van der Waals surface area contributed by atoms with Crippen LogP contribution in [0.25, 0.3) is 22.2 Å². The fourth-order valence-electron chi connectivity index (χ4n) is 4.79. The van der Waals surface area contributed by atoms with E-state index in [9.17, 15) is 9.59 Å². The molecule has 1 fully saturated rings. The summed E-state index contributed by atoms with van der Waals surface area (Å²) in [4.78, 5) is 31.1. The van der Waals surface area contributed by atoms with Gasteiger partial charge in [0.05, 0.1) is 11.8 Å². The highest BCUT2D eigenvalue weighted by Gasteiger charge is 2.46. The Morgan fingerprint density at radius 2 is 1.94 bits per heavy atom. The second-order valence-corrected chi connectivity index (χ2v) is 8.68. The molecule has 2 aromatic carbocycles. The van der Waals surface area contributed by atoms with Crippen molar-refractivity contribution in [1.82, 2.24) is 20.4 Å². The summed E-state index contributed by atoms with van der Waals surface area (Å²) in [6, 6.07) is 19.6. The quantitative estimate of drug-likeness (QED) is 0.478. The van der Waals surface area contributed by atoms with E-state index in [0.29, 0.717) is 38.1 Å². The molecule has 0 unspecified atom stereocenters. The molecule has 1 aliphatic heterocycles. The summed E-state index contributed by atoms with van der Waals surface area (Å²) in [5, 5.41) is 8.03. The number of benzene rings is 2. The topological polar surface area (TPSA) is 91.2 Å². The average Bonchev–Trinajstić information content (AvgIpc) is 3.59. The molecule has 168 valence electrons. The molecule has 3 heterocycles. The minimum absolute atomic E-state index is 0.0214. The molecule has 33 heavy (non-hydrogen) atoms. The van der Waals surface area contributed by atoms with Gasteiger partial charge in [0.15, 0.2) is 0 Å². The predicted octanol–water partition coefficient (Wildman–Crippen LogP) is 3.57. The van der Waals surface area contributed by atoms with Crippen molar-refractivity contribution in [3.8, 4) is 11.3 Å². The Balaban J connectivity index is 1.33. The molecule has 1 atom stereocenters. The Hall–Kier alpha value is -3.87. The fraction of sp³-hybridized carbons (Fsp3) is 0.269. The monoisotopic (exact) mass is 442 g/mol. The number of nitrogens with one attached hydrogen (secondary N) is 2. The zero-order valence-electron chi connectivity index (χ0n) is 18.5. The number of carbonyl (C=O) groups excluding carboxylic acids is 2. The molecule has 5 rings (SSSR count). The van der Waals surface area contributed by atoms with E-state index in [1.807, 2.05) is 66.9 Å². The normalized spacial score (nSPS) is 18.0. The van der Waals surface area contributed by atoms with Crippen LogP contribution in [0.3, 0.4) is 0 Å². The van der Waals surface area contributed by atoms with Crippen molar-refractivity contribution >= 4 is 22.7 Å². The van der Waals surface area contributed by atoms with Crippen LogP contribution < -0.4 is 5.32 Å². The van der Waals surface area contributed by atoms with Crippen molar-refractivity contribution < 1.29 is 14.1 Å². The molecule has 2 amide bonds. The van der Waals surface area contributed by atoms with Crippen molar-refractivity contribution in [2.75, 3.05) is 20.1 Å². The molecule has 1 saturated heterocycles. The van der Waals surface area contributed by atoms with Gasteiger partial charge in [0.2, 0.25) is 11.8 Å². The van der Waals surface area contributed by atoms with Gasteiger partial charge < -0.3 is 19.7 Å². The summed E-state index contributed by atoms with van der Waals surface area (Å²) in [5.41, 5.74) is 2.95. The molecule has 0 radical (unpaired) electrons. The maximum atomic E-state index is 13.1. The van der Waals surface area contributed by atoms with E-state index in [2.05, 4.69) is 15.5 Å². The highest BCUT2D eigenvalue weighted by atomic mass is 16.5. The number of hydrogen-bond acceptors (Lipinski definition) is 4. The van der Waals surface area contributed by atoms with Gasteiger partial charge in [0.1, 0.15) is 11.5 Å². The largest absolute Gasteiger partial charge is 0.361 e. The number of likely N-dealkylation sites (tertiary alicyclic amines) is 1. The highest BCUT2D eigenvalue weighted by Crippen LogP contribution is 2.36. The Morgan fingerprint density at radius 3 is 2.76 bits per heavy atom. The molecular weight excluding hydrogens is 416 g/mol. The molecule has 7 heteroatoms. The van der Waals surface area contributed by atoms with Gasteiger partial charge in [-0.05, 0) is 18.1 Å². The molecule has 4 aromatic rings. The smallest absolute Gasteiger partial charge is 0.228 e. The lowest BCUT2D eigenvalue weighted by Crippen LogP contribution is -2.44. The van der Waals surface area contributed by atoms with E-state index >= 15 is 0 Å². The van der Waals surface area contributed by atoms with Gasteiger partial charge in [-0.1, -0.05) is 53.7 Å². The van der Waals surface area contributed by atoms with Gasteiger partial charge in [-0.15, -0.1) is 0 Å². The zero-order chi connectivity index (χ0) is 22.8. The minimum Gasteiger partial charge on any atom is -0.361 e. The lowest BCUT2D eigenvalue weighted by molar-refractivity contribution is -0.132. The van der Waals surface area contributed by atoms with Crippen LogP contribution in [-0.2, 0) is 22.4 Å². The fourth-order valence-corrected chi connectivity index (χ4v) is 4.79. The molecule has 7 nitrogen and oxygen atoms in total. The van der Waals surface area contributed by atoms with Crippen LogP contribution in [0.2, 0.25) is 0 Å². The summed E-state index contributed by atoms with van der Waals surface area (Å²) < 4.78 is 5.59. The van der Waals surface area contributed by atoms with Crippen LogP contribution in [0, 0.1) is 5.41 Å². The third-order valence-corrected chi connectivity index (χ3v) is 6.57. The first-order valence-electron chi connectivity index (χ1n) is 11.1. The minimum atomic E-state index is -0.738. The molecule has 0 spiro atoms. The van der Waals surface area contributed by atoms with E-state index in [4.69, 9.17) is 4.52 Å². The Morgan fingerprint density at radius 1 is 1.15 bits per heavy atom. The third-order valence-electron chi connectivity index (χ3n) is 6.57. The number of para-hydroxylation sites is 1. The summed E-state index contributed by atoms with van der Waals surface area (Å²) in [6.07, 6.45) is 3.16. The number of aromatic nitrogens is 2. The number of rotatable bonds is 6. The summed E-state index contributed by atoms with van der Waals surface area (Å²) in [5.74, 6) is 0.582. The number of amides is 2. The number of carbonyl (C=O) groups is 2. The van der Waals surface area contributed by atoms with Crippen molar-refractivity contribution in [3.63, 3.8) is 0 Å². The predicted molar refractivity (Wildman–Crippen MR) is 125 cm³/mol. The third kappa shape index (κ3) is 4.02. The Labute approximate surface area is 191 Å². The van der Waals surface area contributed by atoms with Crippen LogP contribution in [0.15, 0.2) is 71.4 Å². The first-order valence-corrected chi connectivity index (χ1v) is 11.1. The van der Waals surface area contributed by atoms with Crippen LogP contribution in [-0.4, -0.2) is 47.0 Å². The summed E-state index contributed by atoms with van der Waals surface area (Å²) >= 11 is 0. The second kappa shape index (κ2) is 8.58. The van der Waals surface area contributed by atoms with Crippen LogP contribution in [0.5, 0.6) is 0 Å². The molecule has 2 aromatic heterocycles. The number of aromatic amines is 1. The van der Waals surface area contributed by atoms with Crippen molar-refractivity contribution in [1.29, 1.82) is 0 Å². The Bertz CT molecular complexity index is 1290. The van der Waals surface area contributed by atoms with Crippen molar-refractivity contribution in [2.45, 2.75) is 19.3 Å². The molecule has 1 aliphatic rings. The van der Waals surface area contributed by atoms with Gasteiger partial charge in [0, 0.05) is 55.3 Å². The summed E-state index contributed by atoms with van der Waals surface area (Å²) in [7, 11) is 1.64. The van der Waals surface area contributed by atoms with E-state index in [-0.39, 0.29) is 11.8 Å². The number of H-pyrrole nitrogens is 1. The first kappa shape index (κ1) is 21.0. The first-order chi connectivity index (χ1) is 16.1.